The van der Waals surface area contributed by atoms with E-state index in [0.29, 0.717) is 23.1 Å². The highest BCUT2D eigenvalue weighted by Crippen LogP contribution is 2.20. The van der Waals surface area contributed by atoms with E-state index in [0.717, 1.165) is 22.0 Å². The first-order valence-corrected chi connectivity index (χ1v) is 9.21. The predicted molar refractivity (Wildman–Crippen MR) is 89.0 cm³/mol. The fourth-order valence-corrected chi connectivity index (χ4v) is 4.29. The van der Waals surface area contributed by atoms with Crippen molar-refractivity contribution in [2.24, 2.45) is 0 Å². The molecule has 0 aliphatic heterocycles. The molecule has 0 saturated carbocycles. The molecule has 6 nitrogen and oxygen atoms in total. The molecule has 0 amide bonds. The SMILES string of the molecule is Cc1nc(C)c(C)c(NCCNS(=O)(=O)c2ccc(C)s2)n1. The molecule has 0 radical (unpaired) electrons. The van der Waals surface area contributed by atoms with Crippen LogP contribution in [0.3, 0.4) is 0 Å². The number of anilines is 1. The molecule has 0 fully saturated rings. The highest BCUT2D eigenvalue weighted by atomic mass is 32.2. The van der Waals surface area contributed by atoms with Gasteiger partial charge in [-0.05, 0) is 39.8 Å². The lowest BCUT2D eigenvalue weighted by Crippen LogP contribution is -2.28. The molecule has 22 heavy (non-hydrogen) atoms. The normalized spacial score (nSPS) is 11.6. The van der Waals surface area contributed by atoms with Crippen LogP contribution >= 0.6 is 11.3 Å². The van der Waals surface area contributed by atoms with Crippen LogP contribution in [-0.2, 0) is 10.0 Å². The van der Waals surface area contributed by atoms with E-state index in [4.69, 9.17) is 0 Å². The maximum absolute atomic E-state index is 12.1. The molecule has 2 N–H and O–H groups in total. The average Bonchev–Trinajstić information content (AvgIpc) is 2.87. The summed E-state index contributed by atoms with van der Waals surface area (Å²) in [5.41, 5.74) is 1.90. The molecule has 8 heteroatoms. The molecule has 2 aromatic rings. The zero-order chi connectivity index (χ0) is 16.3. The van der Waals surface area contributed by atoms with E-state index in [1.807, 2.05) is 27.7 Å². The third kappa shape index (κ3) is 4.02. The van der Waals surface area contributed by atoms with E-state index in [-0.39, 0.29) is 0 Å². The van der Waals surface area contributed by atoms with Crippen molar-refractivity contribution in [2.75, 3.05) is 18.4 Å². The van der Waals surface area contributed by atoms with Gasteiger partial charge in [0.15, 0.2) is 0 Å². The molecule has 0 aliphatic rings. The van der Waals surface area contributed by atoms with Gasteiger partial charge in [0.2, 0.25) is 10.0 Å². The Morgan fingerprint density at radius 1 is 1.09 bits per heavy atom. The van der Waals surface area contributed by atoms with Gasteiger partial charge in [-0.15, -0.1) is 11.3 Å². The molecule has 0 aliphatic carbocycles. The van der Waals surface area contributed by atoms with Crippen molar-refractivity contribution >= 4 is 27.2 Å². The van der Waals surface area contributed by atoms with Crippen molar-refractivity contribution in [3.63, 3.8) is 0 Å². The summed E-state index contributed by atoms with van der Waals surface area (Å²) in [6.07, 6.45) is 0. The topological polar surface area (TPSA) is 84.0 Å². The van der Waals surface area contributed by atoms with Gasteiger partial charge in [0.25, 0.3) is 0 Å². The Morgan fingerprint density at radius 3 is 2.45 bits per heavy atom. The monoisotopic (exact) mass is 340 g/mol. The van der Waals surface area contributed by atoms with E-state index in [9.17, 15) is 8.42 Å². The molecule has 0 aromatic carbocycles. The lowest BCUT2D eigenvalue weighted by Gasteiger charge is -2.11. The first kappa shape index (κ1) is 16.9. The Kier molecular flexibility index (Phi) is 5.15. The van der Waals surface area contributed by atoms with Crippen molar-refractivity contribution in [3.05, 3.63) is 34.1 Å². The van der Waals surface area contributed by atoms with Crippen LogP contribution in [0.4, 0.5) is 5.82 Å². The van der Waals surface area contributed by atoms with Crippen LogP contribution in [0.15, 0.2) is 16.3 Å². The van der Waals surface area contributed by atoms with Gasteiger partial charge in [-0.2, -0.15) is 0 Å². The van der Waals surface area contributed by atoms with E-state index >= 15 is 0 Å². The lowest BCUT2D eigenvalue weighted by atomic mass is 10.2. The van der Waals surface area contributed by atoms with Crippen LogP contribution in [0.1, 0.15) is 22.0 Å². The second kappa shape index (κ2) is 6.72. The first-order valence-electron chi connectivity index (χ1n) is 6.91. The van der Waals surface area contributed by atoms with E-state index in [1.54, 1.807) is 12.1 Å². The van der Waals surface area contributed by atoms with Gasteiger partial charge in [-0.3, -0.25) is 0 Å². The summed E-state index contributed by atoms with van der Waals surface area (Å²) in [4.78, 5) is 9.59. The highest BCUT2D eigenvalue weighted by Gasteiger charge is 2.15. The fourth-order valence-electron chi connectivity index (χ4n) is 1.93. The molecule has 0 unspecified atom stereocenters. The van der Waals surface area contributed by atoms with Gasteiger partial charge >= 0.3 is 0 Å². The van der Waals surface area contributed by atoms with E-state index < -0.39 is 10.0 Å². The predicted octanol–water partition coefficient (Wildman–Crippen LogP) is 2.16. The van der Waals surface area contributed by atoms with Crippen molar-refractivity contribution < 1.29 is 8.42 Å². The van der Waals surface area contributed by atoms with Crippen molar-refractivity contribution in [1.82, 2.24) is 14.7 Å². The molecule has 0 saturated heterocycles. The van der Waals surface area contributed by atoms with E-state index in [1.165, 1.54) is 11.3 Å². The zero-order valence-electron chi connectivity index (χ0n) is 13.1. The second-order valence-electron chi connectivity index (χ2n) is 5.02. The summed E-state index contributed by atoms with van der Waals surface area (Å²) < 4.78 is 27.1. The van der Waals surface area contributed by atoms with Crippen molar-refractivity contribution in [1.29, 1.82) is 0 Å². The molecule has 0 spiro atoms. The summed E-state index contributed by atoms with van der Waals surface area (Å²) in [6.45, 7) is 8.33. The van der Waals surface area contributed by atoms with Gasteiger partial charge in [-0.25, -0.2) is 23.1 Å². The number of aryl methyl sites for hydroxylation is 3. The van der Waals surface area contributed by atoms with E-state index in [2.05, 4.69) is 20.0 Å². The number of rotatable bonds is 6. The van der Waals surface area contributed by atoms with Crippen molar-refractivity contribution in [2.45, 2.75) is 31.9 Å². The largest absolute Gasteiger partial charge is 0.368 e. The minimum Gasteiger partial charge on any atom is -0.368 e. The second-order valence-corrected chi connectivity index (χ2v) is 8.30. The number of thiophene rings is 1. The smallest absolute Gasteiger partial charge is 0.250 e. The summed E-state index contributed by atoms with van der Waals surface area (Å²) in [6, 6.07) is 3.42. The molecule has 2 aromatic heterocycles. The Labute approximate surface area is 135 Å². The molecule has 2 heterocycles. The molecule has 0 atom stereocenters. The molecular formula is C14H20N4O2S2. The van der Waals surface area contributed by atoms with Crippen LogP contribution in [0, 0.1) is 27.7 Å². The molecule has 2 rings (SSSR count). The Hall–Kier alpha value is -1.51. The van der Waals surface area contributed by atoms with Gasteiger partial charge in [-0.1, -0.05) is 0 Å². The summed E-state index contributed by atoms with van der Waals surface area (Å²) >= 11 is 1.26. The fraction of sp³-hybridized carbons (Fsp3) is 0.429. The summed E-state index contributed by atoms with van der Waals surface area (Å²) in [7, 11) is -3.42. The quantitative estimate of drug-likeness (QED) is 0.787. The van der Waals surface area contributed by atoms with Gasteiger partial charge in [0.05, 0.1) is 0 Å². The Bertz CT molecular complexity index is 769. The van der Waals surface area contributed by atoms with Crippen LogP contribution in [0.25, 0.3) is 0 Å². The van der Waals surface area contributed by atoms with Crippen LogP contribution in [0.5, 0.6) is 0 Å². The lowest BCUT2D eigenvalue weighted by molar-refractivity contribution is 0.585. The summed E-state index contributed by atoms with van der Waals surface area (Å²) in [5.74, 6) is 1.44. The Balaban J connectivity index is 1.92. The maximum atomic E-state index is 12.1. The number of aromatic nitrogens is 2. The van der Waals surface area contributed by atoms with Gasteiger partial charge < -0.3 is 5.32 Å². The number of hydrogen-bond acceptors (Lipinski definition) is 6. The minimum absolute atomic E-state index is 0.292. The average molecular weight is 340 g/mol. The molecule has 0 bridgehead atoms. The third-order valence-electron chi connectivity index (χ3n) is 3.19. The standard InChI is InChI=1S/C14H20N4O2S2/c1-9-5-6-13(21-9)22(19,20)16-8-7-15-14-10(2)11(3)17-12(4)18-14/h5-6,16H,7-8H2,1-4H3,(H,15,17,18). The van der Waals surface area contributed by atoms with Crippen LogP contribution in [0.2, 0.25) is 0 Å². The highest BCUT2D eigenvalue weighted by molar-refractivity contribution is 7.91. The number of nitrogens with one attached hydrogen (secondary N) is 2. The van der Waals surface area contributed by atoms with Crippen LogP contribution in [-0.4, -0.2) is 31.5 Å². The van der Waals surface area contributed by atoms with Gasteiger partial charge in [0, 0.05) is 29.2 Å². The van der Waals surface area contributed by atoms with Crippen molar-refractivity contribution in [3.8, 4) is 0 Å². The van der Waals surface area contributed by atoms with Crippen LogP contribution < -0.4 is 10.0 Å². The first-order chi connectivity index (χ1) is 10.3. The molecule has 120 valence electrons. The van der Waals surface area contributed by atoms with Gasteiger partial charge in [0.1, 0.15) is 15.9 Å². The third-order valence-corrected chi connectivity index (χ3v) is 6.14. The molecular weight excluding hydrogens is 320 g/mol. The zero-order valence-corrected chi connectivity index (χ0v) is 14.7. The maximum Gasteiger partial charge on any atom is 0.250 e. The summed E-state index contributed by atoms with van der Waals surface area (Å²) in [5, 5.41) is 3.15. The number of nitrogens with zero attached hydrogens (tertiary/aromatic N) is 2. The number of sulfonamides is 1. The minimum atomic E-state index is -3.42. The number of hydrogen-bond donors (Lipinski definition) is 2. The Morgan fingerprint density at radius 2 is 1.82 bits per heavy atom.